The third kappa shape index (κ3) is 2.62. The van der Waals surface area contributed by atoms with Gasteiger partial charge in [-0.15, -0.1) is 0 Å². The van der Waals surface area contributed by atoms with E-state index in [1.807, 2.05) is 25.1 Å². The first-order chi connectivity index (χ1) is 11.6. The maximum absolute atomic E-state index is 12.6. The van der Waals surface area contributed by atoms with Crippen molar-refractivity contribution in [2.24, 2.45) is 0 Å². The molecule has 0 saturated heterocycles. The Hall–Kier alpha value is -2.82. The molecule has 0 bridgehead atoms. The summed E-state index contributed by atoms with van der Waals surface area (Å²) in [6.45, 7) is 1.86. The number of rotatable bonds is 5. The highest BCUT2D eigenvalue weighted by Gasteiger charge is 2.38. The van der Waals surface area contributed by atoms with E-state index in [1.54, 1.807) is 38.5 Å². The summed E-state index contributed by atoms with van der Waals surface area (Å²) in [5.41, 5.74) is 1.82. The Balaban J connectivity index is 1.88. The number of carbonyl (C=O) groups excluding carboxylic acids is 2. The van der Waals surface area contributed by atoms with Gasteiger partial charge in [0.2, 0.25) is 0 Å². The molecule has 5 heteroatoms. The largest absolute Gasteiger partial charge is 0.497 e. The third-order valence-corrected chi connectivity index (χ3v) is 4.27. The van der Waals surface area contributed by atoms with Crippen molar-refractivity contribution in [3.05, 3.63) is 59.2 Å². The van der Waals surface area contributed by atoms with Gasteiger partial charge in [0.15, 0.2) is 0 Å². The fourth-order valence-electron chi connectivity index (χ4n) is 3.06. The molecule has 0 fully saturated rings. The van der Waals surface area contributed by atoms with Gasteiger partial charge in [-0.3, -0.25) is 14.5 Å². The SMILES string of the molecule is COc1ccc(OC)c(C[C@H](C)N2C(=O)c3ccccc3C2=O)c1. The second-order valence-corrected chi connectivity index (χ2v) is 5.76. The van der Waals surface area contributed by atoms with Crippen LogP contribution in [0.5, 0.6) is 11.5 Å². The van der Waals surface area contributed by atoms with Crippen molar-refractivity contribution in [1.82, 2.24) is 4.90 Å². The van der Waals surface area contributed by atoms with Gasteiger partial charge in [-0.05, 0) is 49.2 Å². The number of ether oxygens (including phenoxy) is 2. The summed E-state index contributed by atoms with van der Waals surface area (Å²) in [7, 11) is 3.19. The highest BCUT2D eigenvalue weighted by molar-refractivity contribution is 6.21. The average Bonchev–Trinajstić information content (AvgIpc) is 2.86. The zero-order chi connectivity index (χ0) is 17.3. The van der Waals surface area contributed by atoms with E-state index < -0.39 is 0 Å². The van der Waals surface area contributed by atoms with Gasteiger partial charge in [0, 0.05) is 6.04 Å². The van der Waals surface area contributed by atoms with Crippen LogP contribution in [0, 0.1) is 0 Å². The fraction of sp³-hybridized carbons (Fsp3) is 0.263. The lowest BCUT2D eigenvalue weighted by Crippen LogP contribution is -2.39. The molecule has 2 aromatic rings. The summed E-state index contributed by atoms with van der Waals surface area (Å²) in [5.74, 6) is 0.926. The molecular weight excluding hydrogens is 306 g/mol. The molecule has 0 unspecified atom stereocenters. The molecule has 0 aliphatic carbocycles. The van der Waals surface area contributed by atoms with E-state index in [-0.39, 0.29) is 17.9 Å². The third-order valence-electron chi connectivity index (χ3n) is 4.27. The lowest BCUT2D eigenvalue weighted by atomic mass is 10.0. The molecule has 0 spiro atoms. The molecule has 1 atom stereocenters. The Bertz CT molecular complexity index is 765. The molecule has 24 heavy (non-hydrogen) atoms. The first-order valence-corrected chi connectivity index (χ1v) is 7.74. The lowest BCUT2D eigenvalue weighted by molar-refractivity contribution is 0.0596. The number of fused-ring (bicyclic) bond motifs is 1. The number of hydrogen-bond acceptors (Lipinski definition) is 4. The van der Waals surface area contributed by atoms with Crippen molar-refractivity contribution in [1.29, 1.82) is 0 Å². The van der Waals surface area contributed by atoms with Crippen LogP contribution in [-0.4, -0.2) is 37.0 Å². The Morgan fingerprint density at radius 2 is 1.58 bits per heavy atom. The monoisotopic (exact) mass is 325 g/mol. The number of nitrogens with zero attached hydrogens (tertiary/aromatic N) is 1. The first kappa shape index (κ1) is 16.1. The maximum atomic E-state index is 12.6. The summed E-state index contributed by atoms with van der Waals surface area (Å²) in [5, 5.41) is 0. The number of hydrogen-bond donors (Lipinski definition) is 0. The molecule has 0 saturated carbocycles. The van der Waals surface area contributed by atoms with E-state index in [9.17, 15) is 9.59 Å². The number of carbonyl (C=O) groups is 2. The van der Waals surface area contributed by atoms with E-state index in [0.717, 1.165) is 5.56 Å². The van der Waals surface area contributed by atoms with Crippen LogP contribution in [-0.2, 0) is 6.42 Å². The maximum Gasteiger partial charge on any atom is 0.261 e. The van der Waals surface area contributed by atoms with Gasteiger partial charge in [-0.1, -0.05) is 12.1 Å². The smallest absolute Gasteiger partial charge is 0.261 e. The van der Waals surface area contributed by atoms with E-state index in [0.29, 0.717) is 29.0 Å². The van der Waals surface area contributed by atoms with Crippen molar-refractivity contribution in [2.75, 3.05) is 14.2 Å². The lowest BCUT2D eigenvalue weighted by Gasteiger charge is -2.23. The van der Waals surface area contributed by atoms with Crippen LogP contribution in [0.3, 0.4) is 0 Å². The molecule has 0 N–H and O–H groups in total. The minimum absolute atomic E-state index is 0.245. The van der Waals surface area contributed by atoms with E-state index in [2.05, 4.69) is 0 Å². The van der Waals surface area contributed by atoms with E-state index >= 15 is 0 Å². The number of imide groups is 1. The van der Waals surface area contributed by atoms with Crippen LogP contribution < -0.4 is 9.47 Å². The summed E-state index contributed by atoms with van der Waals surface area (Å²) in [4.78, 5) is 26.5. The van der Waals surface area contributed by atoms with Gasteiger partial charge in [-0.2, -0.15) is 0 Å². The highest BCUT2D eigenvalue weighted by Crippen LogP contribution is 2.29. The summed E-state index contributed by atoms with van der Waals surface area (Å²) in [6, 6.07) is 12.1. The molecule has 0 aromatic heterocycles. The molecule has 0 radical (unpaired) electrons. The summed E-state index contributed by atoms with van der Waals surface area (Å²) < 4.78 is 10.6. The molecule has 3 rings (SSSR count). The normalized spacial score (nSPS) is 14.5. The second kappa shape index (κ2) is 6.35. The summed E-state index contributed by atoms with van der Waals surface area (Å²) in [6.07, 6.45) is 0.492. The minimum atomic E-state index is -0.293. The van der Waals surface area contributed by atoms with Crippen molar-refractivity contribution in [3.63, 3.8) is 0 Å². The predicted octanol–water partition coefficient (Wildman–Crippen LogP) is 2.93. The average molecular weight is 325 g/mol. The van der Waals surface area contributed by atoms with Crippen molar-refractivity contribution < 1.29 is 19.1 Å². The van der Waals surface area contributed by atoms with E-state index in [1.165, 1.54) is 4.90 Å². The zero-order valence-electron chi connectivity index (χ0n) is 13.9. The molecule has 2 aromatic carbocycles. The van der Waals surface area contributed by atoms with Gasteiger partial charge in [0.05, 0.1) is 25.3 Å². The van der Waals surface area contributed by atoms with Gasteiger partial charge < -0.3 is 9.47 Å². The minimum Gasteiger partial charge on any atom is -0.497 e. The number of methoxy groups -OCH3 is 2. The summed E-state index contributed by atoms with van der Waals surface area (Å²) >= 11 is 0. The van der Waals surface area contributed by atoms with Crippen LogP contribution in [0.1, 0.15) is 33.2 Å². The van der Waals surface area contributed by atoms with Gasteiger partial charge in [0.25, 0.3) is 11.8 Å². The zero-order valence-corrected chi connectivity index (χ0v) is 13.9. The van der Waals surface area contributed by atoms with Crippen LogP contribution in [0.2, 0.25) is 0 Å². The highest BCUT2D eigenvalue weighted by atomic mass is 16.5. The topological polar surface area (TPSA) is 55.8 Å². The molecule has 2 amide bonds. The van der Waals surface area contributed by atoms with Crippen molar-refractivity contribution in [3.8, 4) is 11.5 Å². The quantitative estimate of drug-likeness (QED) is 0.793. The molecule has 1 aliphatic rings. The van der Waals surface area contributed by atoms with Crippen molar-refractivity contribution in [2.45, 2.75) is 19.4 Å². The predicted molar refractivity (Wildman–Crippen MR) is 89.7 cm³/mol. The molecule has 5 nitrogen and oxygen atoms in total. The number of benzene rings is 2. The standard InChI is InChI=1S/C19H19NO4/c1-12(10-13-11-14(23-2)8-9-17(13)24-3)20-18(21)15-6-4-5-7-16(15)19(20)22/h4-9,11-12H,10H2,1-3H3/t12-/m0/s1. The second-order valence-electron chi connectivity index (χ2n) is 5.76. The Labute approximate surface area is 140 Å². The van der Waals surface area contributed by atoms with Gasteiger partial charge in [0.1, 0.15) is 11.5 Å². The molecule has 1 heterocycles. The first-order valence-electron chi connectivity index (χ1n) is 7.74. The van der Waals surface area contributed by atoms with Crippen LogP contribution in [0.15, 0.2) is 42.5 Å². The Morgan fingerprint density at radius 1 is 0.958 bits per heavy atom. The van der Waals surface area contributed by atoms with E-state index in [4.69, 9.17) is 9.47 Å². The fourth-order valence-corrected chi connectivity index (χ4v) is 3.06. The molecule has 1 aliphatic heterocycles. The van der Waals surface area contributed by atoms with Gasteiger partial charge >= 0.3 is 0 Å². The van der Waals surface area contributed by atoms with Crippen molar-refractivity contribution >= 4 is 11.8 Å². The van der Waals surface area contributed by atoms with Crippen LogP contribution in [0.4, 0.5) is 0 Å². The van der Waals surface area contributed by atoms with Crippen LogP contribution >= 0.6 is 0 Å². The molecular formula is C19H19NO4. The Kier molecular flexibility index (Phi) is 4.25. The van der Waals surface area contributed by atoms with Gasteiger partial charge in [-0.25, -0.2) is 0 Å². The Morgan fingerprint density at radius 3 is 2.12 bits per heavy atom. The molecule has 124 valence electrons. The number of amides is 2. The van der Waals surface area contributed by atoms with Crippen LogP contribution in [0.25, 0.3) is 0 Å².